The smallest absolute Gasteiger partial charge is 0.0720 e. The van der Waals surface area contributed by atoms with Crippen LogP contribution < -0.4 is 0 Å². The molecule has 0 amide bonds. The Labute approximate surface area is 90.2 Å². The average Bonchev–Trinajstić information content (AvgIpc) is 2.27. The molecular formula is C13H16O2. The van der Waals surface area contributed by atoms with Gasteiger partial charge < -0.3 is 9.47 Å². The molecule has 3 aliphatic rings. The minimum absolute atomic E-state index is 0.419. The van der Waals surface area contributed by atoms with Gasteiger partial charge in [0.1, 0.15) is 0 Å². The van der Waals surface area contributed by atoms with E-state index in [0.717, 1.165) is 19.4 Å². The molecule has 0 aromatic heterocycles. The summed E-state index contributed by atoms with van der Waals surface area (Å²) in [6.07, 6.45) is 4.83. The molecule has 1 aromatic rings. The zero-order valence-electron chi connectivity index (χ0n) is 8.76. The SMILES string of the molecule is c1ccc(COC2CC3C[C@@H](C2)O3)cc1. The third-order valence-electron chi connectivity index (χ3n) is 3.29. The van der Waals surface area contributed by atoms with E-state index in [1.54, 1.807) is 0 Å². The van der Waals surface area contributed by atoms with E-state index in [0.29, 0.717) is 18.3 Å². The summed E-state index contributed by atoms with van der Waals surface area (Å²) in [5.41, 5.74) is 1.26. The number of hydrogen-bond donors (Lipinski definition) is 0. The molecule has 1 aliphatic carbocycles. The second-order valence-electron chi connectivity index (χ2n) is 4.51. The van der Waals surface area contributed by atoms with Gasteiger partial charge in [0.15, 0.2) is 0 Å². The first kappa shape index (κ1) is 9.37. The van der Waals surface area contributed by atoms with Crippen molar-refractivity contribution in [3.63, 3.8) is 0 Å². The number of fused-ring (bicyclic) bond motifs is 2. The lowest BCUT2D eigenvalue weighted by molar-refractivity contribution is -0.198. The summed E-state index contributed by atoms with van der Waals surface area (Å²) in [6.45, 7) is 0.741. The number of ether oxygens (including phenoxy) is 2. The average molecular weight is 204 g/mol. The quantitative estimate of drug-likeness (QED) is 0.753. The molecule has 0 spiro atoms. The van der Waals surface area contributed by atoms with Crippen molar-refractivity contribution < 1.29 is 9.47 Å². The van der Waals surface area contributed by atoms with Crippen molar-refractivity contribution in [1.29, 1.82) is 0 Å². The topological polar surface area (TPSA) is 18.5 Å². The van der Waals surface area contributed by atoms with Gasteiger partial charge in [-0.2, -0.15) is 0 Å². The fourth-order valence-electron chi connectivity index (χ4n) is 2.46. The van der Waals surface area contributed by atoms with Gasteiger partial charge >= 0.3 is 0 Å². The Morgan fingerprint density at radius 2 is 1.73 bits per heavy atom. The third kappa shape index (κ3) is 2.06. The second-order valence-corrected chi connectivity index (χ2v) is 4.51. The van der Waals surface area contributed by atoms with E-state index in [4.69, 9.17) is 9.47 Å². The molecule has 2 nitrogen and oxygen atoms in total. The van der Waals surface area contributed by atoms with Crippen LogP contribution in [0.5, 0.6) is 0 Å². The summed E-state index contributed by atoms with van der Waals surface area (Å²) in [6, 6.07) is 10.4. The normalized spacial score (nSPS) is 33.5. The van der Waals surface area contributed by atoms with Gasteiger partial charge in [-0.15, -0.1) is 0 Å². The summed E-state index contributed by atoms with van der Waals surface area (Å²) >= 11 is 0. The van der Waals surface area contributed by atoms with Crippen molar-refractivity contribution >= 4 is 0 Å². The molecule has 3 fully saturated rings. The Morgan fingerprint density at radius 1 is 1.07 bits per heavy atom. The summed E-state index contributed by atoms with van der Waals surface area (Å²) in [5.74, 6) is 0. The molecule has 0 radical (unpaired) electrons. The van der Waals surface area contributed by atoms with Crippen molar-refractivity contribution in [2.45, 2.75) is 44.2 Å². The van der Waals surface area contributed by atoms with Gasteiger partial charge in [0.2, 0.25) is 0 Å². The van der Waals surface area contributed by atoms with Crippen LogP contribution in [0, 0.1) is 0 Å². The zero-order chi connectivity index (χ0) is 10.1. The van der Waals surface area contributed by atoms with Gasteiger partial charge in [0.05, 0.1) is 24.9 Å². The van der Waals surface area contributed by atoms with Gasteiger partial charge in [-0.05, 0) is 24.8 Å². The lowest BCUT2D eigenvalue weighted by Gasteiger charge is -2.45. The minimum Gasteiger partial charge on any atom is -0.375 e. The maximum Gasteiger partial charge on any atom is 0.0720 e. The van der Waals surface area contributed by atoms with E-state index in [-0.39, 0.29) is 0 Å². The van der Waals surface area contributed by atoms with E-state index < -0.39 is 0 Å². The van der Waals surface area contributed by atoms with Gasteiger partial charge in [-0.1, -0.05) is 30.3 Å². The van der Waals surface area contributed by atoms with Crippen LogP contribution in [0.1, 0.15) is 24.8 Å². The van der Waals surface area contributed by atoms with Crippen molar-refractivity contribution in [2.75, 3.05) is 0 Å². The van der Waals surface area contributed by atoms with E-state index in [9.17, 15) is 0 Å². The number of hydrogen-bond acceptors (Lipinski definition) is 2. The molecule has 2 unspecified atom stereocenters. The van der Waals surface area contributed by atoms with Crippen LogP contribution in [-0.4, -0.2) is 18.3 Å². The molecule has 80 valence electrons. The molecule has 2 heterocycles. The molecule has 1 saturated carbocycles. The lowest BCUT2D eigenvalue weighted by Crippen LogP contribution is -2.48. The van der Waals surface area contributed by atoms with Crippen LogP contribution in [0.15, 0.2) is 30.3 Å². The first-order valence-corrected chi connectivity index (χ1v) is 5.71. The summed E-state index contributed by atoms with van der Waals surface area (Å²) < 4.78 is 11.5. The van der Waals surface area contributed by atoms with Gasteiger partial charge in [0.25, 0.3) is 0 Å². The van der Waals surface area contributed by atoms with Gasteiger partial charge in [0, 0.05) is 0 Å². The van der Waals surface area contributed by atoms with E-state index >= 15 is 0 Å². The number of benzene rings is 1. The molecule has 2 bridgehead atoms. The molecule has 2 aliphatic heterocycles. The molecule has 15 heavy (non-hydrogen) atoms. The maximum absolute atomic E-state index is 5.89. The molecule has 2 saturated heterocycles. The predicted molar refractivity (Wildman–Crippen MR) is 57.5 cm³/mol. The van der Waals surface area contributed by atoms with Crippen LogP contribution in [0.2, 0.25) is 0 Å². The Hall–Kier alpha value is -0.860. The summed E-state index contributed by atoms with van der Waals surface area (Å²) in [4.78, 5) is 0. The molecular weight excluding hydrogens is 188 g/mol. The van der Waals surface area contributed by atoms with Crippen LogP contribution in [-0.2, 0) is 16.1 Å². The molecule has 4 rings (SSSR count). The third-order valence-corrected chi connectivity index (χ3v) is 3.29. The predicted octanol–water partition coefficient (Wildman–Crippen LogP) is 2.52. The summed E-state index contributed by atoms with van der Waals surface area (Å²) in [7, 11) is 0. The van der Waals surface area contributed by atoms with Gasteiger partial charge in [-0.3, -0.25) is 0 Å². The fourth-order valence-corrected chi connectivity index (χ4v) is 2.46. The van der Waals surface area contributed by atoms with E-state index in [1.807, 2.05) is 6.07 Å². The van der Waals surface area contributed by atoms with E-state index in [2.05, 4.69) is 24.3 Å². The minimum atomic E-state index is 0.419. The first-order valence-electron chi connectivity index (χ1n) is 5.71. The lowest BCUT2D eigenvalue weighted by atomic mass is 9.87. The highest BCUT2D eigenvalue weighted by Gasteiger charge is 2.39. The Balaban J connectivity index is 1.50. The van der Waals surface area contributed by atoms with Crippen LogP contribution >= 0.6 is 0 Å². The van der Waals surface area contributed by atoms with E-state index in [1.165, 1.54) is 12.0 Å². The van der Waals surface area contributed by atoms with Crippen molar-refractivity contribution in [3.05, 3.63) is 35.9 Å². The fraction of sp³-hybridized carbons (Fsp3) is 0.538. The standard InChI is InChI=1S/C13H16O2/c1-2-4-10(5-3-1)9-14-11-6-12-8-13(7-11)15-12/h1-5,11-13H,6-9H2/t11?,12-,13?/m1/s1. The molecule has 3 atom stereocenters. The largest absolute Gasteiger partial charge is 0.375 e. The highest BCUT2D eigenvalue weighted by atomic mass is 16.5. The van der Waals surface area contributed by atoms with Crippen LogP contribution in [0.3, 0.4) is 0 Å². The van der Waals surface area contributed by atoms with Crippen LogP contribution in [0.4, 0.5) is 0 Å². The highest BCUT2D eigenvalue weighted by molar-refractivity contribution is 5.13. The Bertz CT molecular complexity index is 307. The number of rotatable bonds is 3. The maximum atomic E-state index is 5.89. The monoisotopic (exact) mass is 204 g/mol. The van der Waals surface area contributed by atoms with Crippen molar-refractivity contribution in [3.8, 4) is 0 Å². The Morgan fingerprint density at radius 3 is 2.40 bits per heavy atom. The Kier molecular flexibility index (Phi) is 2.47. The zero-order valence-corrected chi connectivity index (χ0v) is 8.76. The summed E-state index contributed by atoms with van der Waals surface area (Å²) in [5, 5.41) is 0. The highest BCUT2D eigenvalue weighted by Crippen LogP contribution is 2.36. The molecule has 2 heteroatoms. The molecule has 1 aromatic carbocycles. The van der Waals surface area contributed by atoms with Crippen molar-refractivity contribution in [2.24, 2.45) is 0 Å². The molecule has 0 N–H and O–H groups in total. The first-order chi connectivity index (χ1) is 7.40. The van der Waals surface area contributed by atoms with Crippen LogP contribution in [0.25, 0.3) is 0 Å². The second kappa shape index (κ2) is 3.95. The van der Waals surface area contributed by atoms with Crippen molar-refractivity contribution in [1.82, 2.24) is 0 Å². The van der Waals surface area contributed by atoms with Gasteiger partial charge in [-0.25, -0.2) is 0 Å².